The third-order valence-electron chi connectivity index (χ3n) is 11.7. The van der Waals surface area contributed by atoms with Crippen molar-refractivity contribution >= 4 is 35.3 Å². The molecule has 14 nitrogen and oxygen atoms in total. The van der Waals surface area contributed by atoms with Crippen LogP contribution >= 0.6 is 11.3 Å². The molecular weight excluding hydrogens is 781 g/mol. The minimum Gasteiger partial charge on any atom is -0.453 e. The predicted molar refractivity (Wildman–Crippen MR) is 225 cm³/mol. The molecule has 4 N–H and O–H groups in total. The number of hydrogen-bond donors (Lipinski definition) is 4. The Morgan fingerprint density at radius 2 is 1.23 bits per heavy atom. The van der Waals surface area contributed by atoms with E-state index in [0.29, 0.717) is 30.0 Å². The number of likely N-dealkylation sites (tertiary alicyclic amines) is 2. The van der Waals surface area contributed by atoms with E-state index >= 15 is 0 Å². The number of rotatable bonds is 10. The summed E-state index contributed by atoms with van der Waals surface area (Å²) in [5.41, 5.74) is 7.76. The maximum absolute atomic E-state index is 14.0. The van der Waals surface area contributed by atoms with Gasteiger partial charge in [0.15, 0.2) is 0 Å². The molecule has 0 saturated carbocycles. The number of nitrogens with one attached hydrogen (secondary N) is 4. The third kappa shape index (κ3) is 7.40. The first kappa shape index (κ1) is 38.8. The highest BCUT2D eigenvalue weighted by molar-refractivity contribution is 7.16. The van der Waals surface area contributed by atoms with Gasteiger partial charge in [0.05, 0.1) is 55.0 Å². The van der Waals surface area contributed by atoms with Crippen molar-refractivity contribution in [2.24, 2.45) is 0 Å². The number of fused-ring (bicyclic) bond motifs is 3. The van der Waals surface area contributed by atoms with Crippen molar-refractivity contribution in [2.45, 2.75) is 56.3 Å². The highest BCUT2D eigenvalue weighted by Gasteiger charge is 2.39. The van der Waals surface area contributed by atoms with E-state index in [2.05, 4.69) is 44.9 Å². The van der Waals surface area contributed by atoms with Crippen molar-refractivity contribution in [1.82, 2.24) is 40.4 Å². The Morgan fingerprint density at radius 3 is 1.78 bits per heavy atom. The summed E-state index contributed by atoms with van der Waals surface area (Å²) in [6.45, 7) is 1.11. The van der Waals surface area contributed by atoms with Gasteiger partial charge in [-0.25, -0.2) is 19.6 Å². The zero-order valence-electron chi connectivity index (χ0n) is 33.1. The lowest BCUT2D eigenvalue weighted by molar-refractivity contribution is -0.135. The Bertz CT molecular complexity index is 2550. The number of alkyl carbamates (subject to hydrolysis) is 2. The Balaban J connectivity index is 0.895. The molecule has 0 spiro atoms. The molecule has 60 heavy (non-hydrogen) atoms. The van der Waals surface area contributed by atoms with Crippen LogP contribution in [0.15, 0.2) is 97.3 Å². The summed E-state index contributed by atoms with van der Waals surface area (Å²) in [6, 6.07) is 24.8. The fourth-order valence-corrected chi connectivity index (χ4v) is 9.89. The number of H-pyrrole nitrogens is 2. The van der Waals surface area contributed by atoms with E-state index in [4.69, 9.17) is 19.4 Å². The molecule has 9 rings (SSSR count). The molecule has 15 heteroatoms. The van der Waals surface area contributed by atoms with Crippen LogP contribution in [0.25, 0.3) is 33.0 Å². The van der Waals surface area contributed by atoms with E-state index < -0.39 is 24.3 Å². The van der Waals surface area contributed by atoms with Crippen LogP contribution in [-0.4, -0.2) is 81.0 Å². The standard InChI is InChI=1S/C45H44N8O6S/c1-58-44(56)50-38(26-11-5-3-6-12-26)42(54)52-19-9-15-34(52)40-46-24-32(48-40)28-17-18-30-29(21-28)22-36-31(30)23-37(60-36)33-25-47-41(49-33)35-16-10-20-53(35)43(55)39(51-45(57)59-2)27-13-7-4-8-14-27/h3-8,11-14,17-18,21,23-25,34-35,38-39H,9-10,15-16,19-20,22H2,1-2H3,(H,46,48)(H,47,49)(H,50,56)(H,51,57)/t34-,35-,38+,39+/m0/s1. The van der Waals surface area contributed by atoms with Crippen LogP contribution in [0.4, 0.5) is 9.59 Å². The van der Waals surface area contributed by atoms with Crippen molar-refractivity contribution in [3.8, 4) is 33.0 Å². The van der Waals surface area contributed by atoms with Gasteiger partial charge in [-0.1, -0.05) is 72.8 Å². The van der Waals surface area contributed by atoms with Gasteiger partial charge in [0.2, 0.25) is 0 Å². The minimum absolute atomic E-state index is 0.206. The number of aromatic nitrogens is 4. The lowest BCUT2D eigenvalue weighted by atomic mass is 10.0. The number of carbonyl (C=O) groups excluding carboxylic acids is 4. The summed E-state index contributed by atoms with van der Waals surface area (Å²) in [5, 5.41) is 5.45. The number of methoxy groups -OCH3 is 2. The fourth-order valence-electron chi connectivity index (χ4n) is 8.73. The van der Waals surface area contributed by atoms with Gasteiger partial charge in [0.1, 0.15) is 23.7 Å². The first-order valence-corrected chi connectivity index (χ1v) is 20.9. The Labute approximate surface area is 350 Å². The molecule has 3 aromatic carbocycles. The highest BCUT2D eigenvalue weighted by Crippen LogP contribution is 2.46. The number of ether oxygens (including phenoxy) is 2. The van der Waals surface area contributed by atoms with E-state index in [9.17, 15) is 19.2 Å². The van der Waals surface area contributed by atoms with E-state index in [0.717, 1.165) is 59.8 Å². The molecule has 2 aliphatic heterocycles. The van der Waals surface area contributed by atoms with Gasteiger partial charge in [-0.2, -0.15) is 0 Å². The number of hydrogen-bond acceptors (Lipinski definition) is 9. The van der Waals surface area contributed by atoms with E-state index in [1.54, 1.807) is 21.1 Å². The summed E-state index contributed by atoms with van der Waals surface area (Å²) in [4.78, 5) is 74.9. The van der Waals surface area contributed by atoms with Gasteiger partial charge in [-0.3, -0.25) is 9.59 Å². The smallest absolute Gasteiger partial charge is 0.407 e. The van der Waals surface area contributed by atoms with Crippen LogP contribution in [-0.2, 0) is 25.5 Å². The summed E-state index contributed by atoms with van der Waals surface area (Å²) in [6.07, 6.45) is 6.28. The van der Waals surface area contributed by atoms with Crippen LogP contribution in [0.2, 0.25) is 0 Å². The molecule has 0 radical (unpaired) electrons. The second-order valence-electron chi connectivity index (χ2n) is 15.2. The quantitative estimate of drug-likeness (QED) is 0.109. The topological polar surface area (TPSA) is 175 Å². The van der Waals surface area contributed by atoms with Crippen LogP contribution < -0.4 is 10.6 Å². The van der Waals surface area contributed by atoms with Crippen molar-refractivity contribution in [3.63, 3.8) is 0 Å². The van der Waals surface area contributed by atoms with Crippen molar-refractivity contribution in [2.75, 3.05) is 27.3 Å². The van der Waals surface area contributed by atoms with E-state index in [1.165, 1.54) is 35.8 Å². The molecular formula is C45H44N8O6S. The second-order valence-corrected chi connectivity index (χ2v) is 16.3. The first-order chi connectivity index (χ1) is 29.3. The van der Waals surface area contributed by atoms with Crippen molar-refractivity contribution in [1.29, 1.82) is 0 Å². The van der Waals surface area contributed by atoms with Crippen LogP contribution in [0.1, 0.15) is 83.1 Å². The van der Waals surface area contributed by atoms with Gasteiger partial charge >= 0.3 is 12.2 Å². The van der Waals surface area contributed by atoms with Crippen molar-refractivity contribution in [3.05, 3.63) is 131 Å². The molecule has 1 aliphatic carbocycles. The second kappa shape index (κ2) is 16.5. The SMILES string of the molecule is COC(=O)N[C@@H](C(=O)N1CCC[C@H]1c1ncc(-c2ccc3c(c2)Cc2sc(-c4cnc([C@@H]5CCCN5C(=O)[C@H](NC(=O)OC)c5ccccc5)[nH]4)cc2-3)[nH]1)c1ccccc1. The number of amides is 4. The molecule has 2 fully saturated rings. The monoisotopic (exact) mass is 824 g/mol. The number of nitrogens with zero attached hydrogens (tertiary/aromatic N) is 4. The summed E-state index contributed by atoms with van der Waals surface area (Å²) >= 11 is 1.73. The zero-order chi connectivity index (χ0) is 41.3. The number of thiophene rings is 1. The van der Waals surface area contributed by atoms with Crippen LogP contribution in [0.5, 0.6) is 0 Å². The molecule has 0 unspecified atom stereocenters. The molecule has 3 aromatic heterocycles. The molecule has 0 bridgehead atoms. The third-order valence-corrected chi connectivity index (χ3v) is 12.8. The van der Waals surface area contributed by atoms with E-state index in [1.807, 2.05) is 73.1 Å². The molecule has 2 saturated heterocycles. The van der Waals surface area contributed by atoms with Gasteiger partial charge in [0.25, 0.3) is 11.8 Å². The van der Waals surface area contributed by atoms with Gasteiger partial charge in [0, 0.05) is 24.4 Å². The molecule has 4 amide bonds. The largest absolute Gasteiger partial charge is 0.453 e. The fraction of sp³-hybridized carbons (Fsp3) is 0.289. The molecule has 306 valence electrons. The average Bonchev–Trinajstić information content (AvgIpc) is 4.14. The average molecular weight is 825 g/mol. The van der Waals surface area contributed by atoms with Gasteiger partial charge in [-0.05, 0) is 71.2 Å². The maximum atomic E-state index is 14.0. The lowest BCUT2D eigenvalue weighted by Crippen LogP contribution is -2.42. The number of imidazole rings is 2. The number of aromatic amines is 2. The Kier molecular flexibility index (Phi) is 10.7. The maximum Gasteiger partial charge on any atom is 0.407 e. The van der Waals surface area contributed by atoms with Gasteiger partial charge in [-0.15, -0.1) is 11.3 Å². The predicted octanol–water partition coefficient (Wildman–Crippen LogP) is 7.62. The van der Waals surface area contributed by atoms with Crippen LogP contribution in [0, 0.1) is 0 Å². The van der Waals surface area contributed by atoms with Crippen LogP contribution in [0.3, 0.4) is 0 Å². The van der Waals surface area contributed by atoms with Crippen molar-refractivity contribution < 1.29 is 28.7 Å². The Hall–Kier alpha value is -6.74. The summed E-state index contributed by atoms with van der Waals surface area (Å²) in [5.74, 6) is 1.02. The molecule has 4 atom stereocenters. The highest BCUT2D eigenvalue weighted by atomic mass is 32.1. The first-order valence-electron chi connectivity index (χ1n) is 20.1. The number of benzene rings is 3. The molecule has 3 aliphatic rings. The molecule has 6 aromatic rings. The molecule has 5 heterocycles. The Morgan fingerprint density at radius 1 is 0.700 bits per heavy atom. The summed E-state index contributed by atoms with van der Waals surface area (Å²) < 4.78 is 9.69. The lowest BCUT2D eigenvalue weighted by Gasteiger charge is -2.28. The minimum atomic E-state index is -0.882. The summed E-state index contributed by atoms with van der Waals surface area (Å²) in [7, 11) is 2.57. The van der Waals surface area contributed by atoms with Gasteiger partial charge < -0.3 is 39.9 Å². The van der Waals surface area contributed by atoms with E-state index in [-0.39, 0.29) is 23.9 Å². The number of carbonyl (C=O) groups is 4. The zero-order valence-corrected chi connectivity index (χ0v) is 34.0. The normalized spacial score (nSPS) is 17.8.